The quantitative estimate of drug-likeness (QED) is 0.568. The van der Waals surface area contributed by atoms with Crippen LogP contribution in [0, 0.1) is 5.82 Å². The van der Waals surface area contributed by atoms with Gasteiger partial charge in [-0.1, -0.05) is 5.16 Å². The lowest BCUT2D eigenvalue weighted by Gasteiger charge is -2.14. The summed E-state index contributed by atoms with van der Waals surface area (Å²) in [7, 11) is 0. The van der Waals surface area contributed by atoms with Gasteiger partial charge < -0.3 is 19.7 Å². The van der Waals surface area contributed by atoms with E-state index in [1.54, 1.807) is 12.3 Å². The molecule has 31 heavy (non-hydrogen) atoms. The molecule has 0 aliphatic carbocycles. The molecule has 1 fully saturated rings. The summed E-state index contributed by atoms with van der Waals surface area (Å²) in [5.41, 5.74) is 1.01. The second-order valence-electron chi connectivity index (χ2n) is 6.85. The molecule has 1 aromatic carbocycles. The normalized spacial score (nSPS) is 15.9. The van der Waals surface area contributed by atoms with Gasteiger partial charge in [0.05, 0.1) is 43.6 Å². The molecule has 1 aliphatic rings. The zero-order valence-corrected chi connectivity index (χ0v) is 16.5. The summed E-state index contributed by atoms with van der Waals surface area (Å²) in [4.78, 5) is 28.6. The number of aliphatic hydroxyl groups is 1. The summed E-state index contributed by atoms with van der Waals surface area (Å²) in [6.45, 7) is 1.63. The Hall–Kier alpha value is -3.80. The van der Waals surface area contributed by atoms with Gasteiger partial charge in [-0.3, -0.25) is 9.69 Å². The first kappa shape index (κ1) is 20.5. The minimum absolute atomic E-state index is 0.114. The number of anilines is 1. The smallest absolute Gasteiger partial charge is 0.414 e. The van der Waals surface area contributed by atoms with Crippen LogP contribution in [-0.4, -0.2) is 62.8 Å². The van der Waals surface area contributed by atoms with E-state index in [0.29, 0.717) is 11.3 Å². The average Bonchev–Trinajstić information content (AvgIpc) is 3.46. The fourth-order valence-electron chi connectivity index (χ4n) is 3.09. The molecule has 1 atom stereocenters. The number of carbonyl (C=O) groups excluding carboxylic acids is 2. The highest BCUT2D eigenvalue weighted by Crippen LogP contribution is 2.26. The molecule has 0 saturated carbocycles. The predicted molar refractivity (Wildman–Crippen MR) is 104 cm³/mol. The van der Waals surface area contributed by atoms with Crippen molar-refractivity contribution >= 4 is 17.7 Å². The zero-order chi connectivity index (χ0) is 22.0. The van der Waals surface area contributed by atoms with Gasteiger partial charge >= 0.3 is 6.09 Å². The Morgan fingerprint density at radius 3 is 3.00 bits per heavy atom. The number of benzene rings is 1. The van der Waals surface area contributed by atoms with Gasteiger partial charge in [-0.2, -0.15) is 10.1 Å². The fraction of sp³-hybridized carbons (Fsp3) is 0.316. The second-order valence-corrected chi connectivity index (χ2v) is 6.85. The van der Waals surface area contributed by atoms with Crippen molar-refractivity contribution in [3.63, 3.8) is 0 Å². The van der Waals surface area contributed by atoms with Crippen molar-refractivity contribution in [2.45, 2.75) is 19.4 Å². The molecule has 0 radical (unpaired) electrons. The number of nitrogens with zero attached hydrogens (tertiary/aromatic N) is 5. The molecule has 162 valence electrons. The topological polar surface area (TPSA) is 136 Å². The predicted octanol–water partition coefficient (Wildman–Crippen LogP) is 1.06. The van der Waals surface area contributed by atoms with Crippen molar-refractivity contribution in [1.29, 1.82) is 0 Å². The molecular formula is C19H19FN6O5. The van der Waals surface area contributed by atoms with E-state index in [2.05, 4.69) is 20.6 Å². The number of rotatable bonds is 7. The minimum atomic E-state index is -0.611. The summed E-state index contributed by atoms with van der Waals surface area (Å²) in [5.74, 6) is -0.264. The van der Waals surface area contributed by atoms with Gasteiger partial charge in [-0.15, -0.1) is 0 Å². The molecule has 2 amide bonds. The molecule has 3 aromatic rings. The number of hydrogen-bond donors (Lipinski definition) is 2. The number of aliphatic hydroxyl groups excluding tert-OH is 1. The maximum absolute atomic E-state index is 14.8. The lowest BCUT2D eigenvalue weighted by atomic mass is 10.2. The maximum atomic E-state index is 14.8. The Morgan fingerprint density at radius 1 is 1.42 bits per heavy atom. The average molecular weight is 430 g/mol. The highest BCUT2D eigenvalue weighted by molar-refractivity contribution is 5.90. The van der Waals surface area contributed by atoms with Crippen LogP contribution < -0.4 is 10.2 Å². The summed E-state index contributed by atoms with van der Waals surface area (Å²) in [6, 6.07) is 4.28. The molecule has 11 nitrogen and oxygen atoms in total. The van der Waals surface area contributed by atoms with E-state index in [-0.39, 0.29) is 49.4 Å². The molecule has 1 aliphatic heterocycles. The summed E-state index contributed by atoms with van der Waals surface area (Å²) in [5, 5.41) is 19.5. The van der Waals surface area contributed by atoms with Gasteiger partial charge in [0.25, 0.3) is 0 Å². The fourth-order valence-corrected chi connectivity index (χ4v) is 3.09. The van der Waals surface area contributed by atoms with E-state index < -0.39 is 18.0 Å². The highest BCUT2D eigenvalue weighted by atomic mass is 19.1. The SMILES string of the molecule is CC(=O)NCC1CN(c2ccc(-n3cc(-c4noc(CCO)n4)cn3)c(F)c2)C(=O)O1. The number of ether oxygens (including phenoxy) is 1. The Balaban J connectivity index is 1.50. The molecule has 1 unspecified atom stereocenters. The standard InChI is InChI=1S/C19H19FN6O5/c1-11(28)21-8-14-10-25(19(29)30-14)13-2-3-16(15(20)6-13)26-9-12(7-22-26)18-23-17(4-5-27)31-24-18/h2-3,6-7,9,14,27H,4-5,8,10H2,1H3,(H,21,28). The highest BCUT2D eigenvalue weighted by Gasteiger charge is 2.32. The van der Waals surface area contributed by atoms with Gasteiger partial charge in [0.1, 0.15) is 11.8 Å². The van der Waals surface area contributed by atoms with Crippen molar-refractivity contribution in [2.75, 3.05) is 24.6 Å². The van der Waals surface area contributed by atoms with Crippen LogP contribution in [-0.2, 0) is 16.0 Å². The van der Waals surface area contributed by atoms with Gasteiger partial charge in [-0.25, -0.2) is 13.9 Å². The Bertz CT molecular complexity index is 1110. The van der Waals surface area contributed by atoms with Crippen molar-refractivity contribution in [3.05, 3.63) is 42.3 Å². The zero-order valence-electron chi connectivity index (χ0n) is 16.5. The number of hydrogen-bond acceptors (Lipinski definition) is 8. The van der Waals surface area contributed by atoms with Gasteiger partial charge in [-0.05, 0) is 18.2 Å². The number of cyclic esters (lactones) is 1. The number of aromatic nitrogens is 4. The number of halogens is 1. The van der Waals surface area contributed by atoms with Crippen LogP contribution in [0.2, 0.25) is 0 Å². The Morgan fingerprint density at radius 2 is 2.26 bits per heavy atom. The molecule has 2 aromatic heterocycles. The Labute approximate surface area is 175 Å². The number of amides is 2. The third-order valence-corrected chi connectivity index (χ3v) is 4.58. The van der Waals surface area contributed by atoms with Crippen molar-refractivity contribution in [1.82, 2.24) is 25.2 Å². The van der Waals surface area contributed by atoms with Crippen LogP contribution in [0.5, 0.6) is 0 Å². The third kappa shape index (κ3) is 4.38. The second kappa shape index (κ2) is 8.52. The molecular weight excluding hydrogens is 411 g/mol. The third-order valence-electron chi connectivity index (χ3n) is 4.58. The lowest BCUT2D eigenvalue weighted by molar-refractivity contribution is -0.119. The molecule has 2 N–H and O–H groups in total. The van der Waals surface area contributed by atoms with Crippen LogP contribution in [0.3, 0.4) is 0 Å². The van der Waals surface area contributed by atoms with E-state index in [1.165, 1.54) is 34.8 Å². The lowest BCUT2D eigenvalue weighted by Crippen LogP contribution is -2.33. The van der Waals surface area contributed by atoms with Gasteiger partial charge in [0.15, 0.2) is 5.82 Å². The van der Waals surface area contributed by atoms with E-state index >= 15 is 0 Å². The molecule has 1 saturated heterocycles. The minimum Gasteiger partial charge on any atom is -0.442 e. The van der Waals surface area contributed by atoms with Crippen molar-refractivity contribution in [2.24, 2.45) is 0 Å². The molecule has 0 bridgehead atoms. The molecule has 4 rings (SSSR count). The number of nitrogens with one attached hydrogen (secondary N) is 1. The first-order valence-electron chi connectivity index (χ1n) is 9.45. The van der Waals surface area contributed by atoms with Gasteiger partial charge in [0, 0.05) is 13.1 Å². The largest absolute Gasteiger partial charge is 0.442 e. The van der Waals surface area contributed by atoms with Crippen LogP contribution in [0.25, 0.3) is 17.1 Å². The summed E-state index contributed by atoms with van der Waals surface area (Å²) in [6.07, 6.45) is 2.12. The van der Waals surface area contributed by atoms with Gasteiger partial charge in [0.2, 0.25) is 17.6 Å². The van der Waals surface area contributed by atoms with Crippen molar-refractivity contribution < 1.29 is 28.3 Å². The first-order valence-corrected chi connectivity index (χ1v) is 9.45. The Kier molecular flexibility index (Phi) is 5.62. The molecule has 12 heteroatoms. The molecule has 3 heterocycles. The van der Waals surface area contributed by atoms with E-state index in [0.717, 1.165) is 0 Å². The van der Waals surface area contributed by atoms with E-state index in [4.69, 9.17) is 14.4 Å². The van der Waals surface area contributed by atoms with E-state index in [1.807, 2.05) is 0 Å². The first-order chi connectivity index (χ1) is 14.9. The van der Waals surface area contributed by atoms with Crippen LogP contribution >= 0.6 is 0 Å². The molecule has 0 spiro atoms. The van der Waals surface area contributed by atoms with Crippen molar-refractivity contribution in [3.8, 4) is 17.1 Å². The number of carbonyl (C=O) groups is 2. The van der Waals surface area contributed by atoms with Crippen LogP contribution in [0.4, 0.5) is 14.9 Å². The summed E-state index contributed by atoms with van der Waals surface area (Å²) < 4.78 is 26.3. The summed E-state index contributed by atoms with van der Waals surface area (Å²) >= 11 is 0. The van der Waals surface area contributed by atoms with E-state index in [9.17, 15) is 14.0 Å². The monoisotopic (exact) mass is 430 g/mol. The maximum Gasteiger partial charge on any atom is 0.414 e. The van der Waals surface area contributed by atoms with Crippen LogP contribution in [0.1, 0.15) is 12.8 Å². The van der Waals surface area contributed by atoms with Crippen LogP contribution in [0.15, 0.2) is 35.1 Å².